The molecule has 0 saturated heterocycles. The molecule has 82 valence electrons. The van der Waals surface area contributed by atoms with Crippen LogP contribution in [0.3, 0.4) is 0 Å². The molecule has 0 aliphatic carbocycles. The van der Waals surface area contributed by atoms with Crippen molar-refractivity contribution in [3.63, 3.8) is 0 Å². The number of thioether (sulfide) groups is 1. The van der Waals surface area contributed by atoms with E-state index in [0.29, 0.717) is 5.76 Å². The minimum atomic E-state index is -0.537. The maximum Gasteiger partial charge on any atom is 0.433 e. The van der Waals surface area contributed by atoms with Crippen molar-refractivity contribution in [3.8, 4) is 0 Å². The van der Waals surface area contributed by atoms with Crippen LogP contribution in [0.1, 0.15) is 5.76 Å². The molecular formula is C9H7N3O3S. The van der Waals surface area contributed by atoms with E-state index in [1.54, 1.807) is 6.07 Å². The minimum absolute atomic E-state index is 0.231. The summed E-state index contributed by atoms with van der Waals surface area (Å²) in [6, 6.07) is 2.98. The highest BCUT2D eigenvalue weighted by molar-refractivity contribution is 8.16. The monoisotopic (exact) mass is 237 g/mol. The Hall–Kier alpha value is -1.76. The Morgan fingerprint density at radius 3 is 3.19 bits per heavy atom. The van der Waals surface area contributed by atoms with E-state index >= 15 is 0 Å². The van der Waals surface area contributed by atoms with Crippen molar-refractivity contribution in [2.45, 2.75) is 0 Å². The third-order valence-corrected chi connectivity index (χ3v) is 3.29. The average Bonchev–Trinajstić information content (AvgIpc) is 2.92. The molecular weight excluding hydrogens is 230 g/mol. The van der Waals surface area contributed by atoms with Crippen LogP contribution in [-0.2, 0) is 0 Å². The lowest BCUT2D eigenvalue weighted by molar-refractivity contribution is -0.402. The molecule has 1 aromatic rings. The number of fused-ring (bicyclic) bond motifs is 1. The van der Waals surface area contributed by atoms with Crippen molar-refractivity contribution in [2.24, 2.45) is 4.99 Å². The van der Waals surface area contributed by atoms with E-state index in [4.69, 9.17) is 4.42 Å². The van der Waals surface area contributed by atoms with Crippen LogP contribution in [0.2, 0.25) is 0 Å². The summed E-state index contributed by atoms with van der Waals surface area (Å²) < 4.78 is 5.16. The second-order valence-corrected chi connectivity index (χ2v) is 4.17. The predicted molar refractivity (Wildman–Crippen MR) is 59.9 cm³/mol. The van der Waals surface area contributed by atoms with Crippen LogP contribution in [0.15, 0.2) is 27.0 Å². The van der Waals surface area contributed by atoms with E-state index in [2.05, 4.69) is 4.99 Å². The Balaban J connectivity index is 1.93. The Labute approximate surface area is 94.8 Å². The molecule has 0 amide bonds. The minimum Gasteiger partial charge on any atom is -0.399 e. The summed E-state index contributed by atoms with van der Waals surface area (Å²) in [6.07, 6.45) is 0. The topological polar surface area (TPSA) is 71.9 Å². The van der Waals surface area contributed by atoms with Crippen molar-refractivity contribution in [3.05, 3.63) is 33.4 Å². The van der Waals surface area contributed by atoms with Crippen LogP contribution >= 0.6 is 11.8 Å². The van der Waals surface area contributed by atoms with Crippen LogP contribution in [-0.4, -0.2) is 28.1 Å². The maximum atomic E-state index is 10.5. The first-order chi connectivity index (χ1) is 7.75. The van der Waals surface area contributed by atoms with Gasteiger partial charge in [-0.3, -0.25) is 15.1 Å². The van der Waals surface area contributed by atoms with Crippen LogP contribution in [0.5, 0.6) is 0 Å². The molecule has 0 unspecified atom stereocenters. The largest absolute Gasteiger partial charge is 0.433 e. The van der Waals surface area contributed by atoms with Gasteiger partial charge in [0.05, 0.1) is 18.3 Å². The van der Waals surface area contributed by atoms with E-state index in [1.165, 1.54) is 17.8 Å². The lowest BCUT2D eigenvalue weighted by Crippen LogP contribution is -2.19. The van der Waals surface area contributed by atoms with Gasteiger partial charge in [0.1, 0.15) is 4.92 Å². The summed E-state index contributed by atoms with van der Waals surface area (Å²) in [5.41, 5.74) is 0.856. The number of rotatable bonds is 2. The zero-order valence-corrected chi connectivity index (χ0v) is 8.94. The number of hydrogen-bond donors (Lipinski definition) is 0. The molecule has 0 radical (unpaired) electrons. The van der Waals surface area contributed by atoms with Gasteiger partial charge in [-0.15, -0.1) is 0 Å². The normalized spacial score (nSPS) is 18.4. The van der Waals surface area contributed by atoms with Gasteiger partial charge in [-0.2, -0.15) is 0 Å². The Morgan fingerprint density at radius 2 is 2.44 bits per heavy atom. The molecule has 16 heavy (non-hydrogen) atoms. The van der Waals surface area contributed by atoms with E-state index < -0.39 is 4.92 Å². The molecule has 2 aliphatic rings. The molecule has 7 heteroatoms. The van der Waals surface area contributed by atoms with Gasteiger partial charge in [0.15, 0.2) is 10.9 Å². The molecule has 0 atom stereocenters. The van der Waals surface area contributed by atoms with E-state index in [0.717, 1.165) is 24.0 Å². The molecule has 3 heterocycles. The fraction of sp³-hybridized carbons (Fsp3) is 0.222. The molecule has 0 spiro atoms. The molecule has 6 nitrogen and oxygen atoms in total. The number of nitrogens with zero attached hydrogens (tertiary/aromatic N) is 3. The summed E-state index contributed by atoms with van der Waals surface area (Å²) in [7, 11) is 0. The SMILES string of the molecule is O=[N+]([O-])c1ccc(C2=CSC3=NCCN23)o1. The predicted octanol–water partition coefficient (Wildman–Crippen LogP) is 1.90. The fourth-order valence-electron chi connectivity index (χ4n) is 1.68. The summed E-state index contributed by atoms with van der Waals surface area (Å²) in [4.78, 5) is 16.3. The molecule has 0 fully saturated rings. The number of furan rings is 1. The second-order valence-electron chi connectivity index (χ2n) is 3.33. The summed E-state index contributed by atoms with van der Waals surface area (Å²) in [6.45, 7) is 1.57. The zero-order valence-electron chi connectivity index (χ0n) is 8.12. The molecule has 3 rings (SSSR count). The molecule has 0 bridgehead atoms. The van der Waals surface area contributed by atoms with Gasteiger partial charge in [0.25, 0.3) is 0 Å². The average molecular weight is 237 g/mol. The molecule has 1 aromatic heterocycles. The summed E-state index contributed by atoms with van der Waals surface area (Å²) in [5, 5.41) is 13.3. The molecule has 0 aromatic carbocycles. The highest BCUT2D eigenvalue weighted by atomic mass is 32.2. The Kier molecular flexibility index (Phi) is 2.00. The van der Waals surface area contributed by atoms with Crippen LogP contribution in [0, 0.1) is 10.1 Å². The number of aliphatic imine (C=N–C) groups is 1. The van der Waals surface area contributed by atoms with Crippen LogP contribution in [0.25, 0.3) is 5.70 Å². The van der Waals surface area contributed by atoms with Gasteiger partial charge in [0.2, 0.25) is 0 Å². The van der Waals surface area contributed by atoms with Crippen LogP contribution in [0.4, 0.5) is 5.88 Å². The highest BCUT2D eigenvalue weighted by Crippen LogP contribution is 2.36. The standard InChI is InChI=1S/C9H7N3O3S/c13-12(14)8-2-1-7(15-8)6-5-16-9-10-3-4-11(6)9/h1-2,5H,3-4H2. The van der Waals surface area contributed by atoms with Crippen molar-refractivity contribution in [1.29, 1.82) is 0 Å². The quantitative estimate of drug-likeness (QED) is 0.580. The third kappa shape index (κ3) is 1.32. The third-order valence-electron chi connectivity index (χ3n) is 2.39. The summed E-state index contributed by atoms with van der Waals surface area (Å²) >= 11 is 1.52. The lowest BCUT2D eigenvalue weighted by atomic mass is 10.3. The van der Waals surface area contributed by atoms with E-state index in [-0.39, 0.29) is 5.88 Å². The van der Waals surface area contributed by atoms with E-state index in [1.807, 2.05) is 10.3 Å². The zero-order chi connectivity index (χ0) is 11.1. The Bertz CT molecular complexity index is 520. The maximum absolute atomic E-state index is 10.5. The van der Waals surface area contributed by atoms with Gasteiger partial charge < -0.3 is 9.32 Å². The number of hydrogen-bond acceptors (Lipinski definition) is 6. The van der Waals surface area contributed by atoms with Gasteiger partial charge >= 0.3 is 5.88 Å². The smallest absolute Gasteiger partial charge is 0.399 e. The first kappa shape index (κ1) is 9.46. The van der Waals surface area contributed by atoms with Crippen LogP contribution < -0.4 is 0 Å². The summed E-state index contributed by atoms with van der Waals surface area (Å²) in [5.74, 6) is 0.289. The van der Waals surface area contributed by atoms with E-state index in [9.17, 15) is 10.1 Å². The molecule has 0 N–H and O–H groups in total. The fourth-order valence-corrected chi connectivity index (χ4v) is 2.62. The number of nitro groups is 1. The highest BCUT2D eigenvalue weighted by Gasteiger charge is 2.29. The van der Waals surface area contributed by atoms with Gasteiger partial charge in [-0.05, 0) is 6.07 Å². The first-order valence-corrected chi connectivity index (χ1v) is 5.57. The van der Waals surface area contributed by atoms with Crippen molar-refractivity contribution < 1.29 is 9.34 Å². The van der Waals surface area contributed by atoms with Crippen molar-refractivity contribution in [1.82, 2.24) is 4.90 Å². The number of amidine groups is 1. The first-order valence-electron chi connectivity index (χ1n) is 4.69. The molecule has 0 saturated carbocycles. The second kappa shape index (κ2) is 3.38. The lowest BCUT2D eigenvalue weighted by Gasteiger charge is -2.13. The molecule has 2 aliphatic heterocycles. The van der Waals surface area contributed by atoms with Gasteiger partial charge in [-0.1, -0.05) is 11.8 Å². The van der Waals surface area contributed by atoms with Crippen molar-refractivity contribution >= 4 is 28.5 Å². The van der Waals surface area contributed by atoms with Crippen molar-refractivity contribution in [2.75, 3.05) is 13.1 Å². The van der Waals surface area contributed by atoms with Gasteiger partial charge in [0, 0.05) is 12.0 Å². The Morgan fingerprint density at radius 1 is 1.56 bits per heavy atom. The van der Waals surface area contributed by atoms with Gasteiger partial charge in [-0.25, -0.2) is 0 Å².